The lowest BCUT2D eigenvalue weighted by Gasteiger charge is -2.47. The summed E-state index contributed by atoms with van der Waals surface area (Å²) in [7, 11) is 0. The standard InChI is InChI=1S/C21H22F2N2O2/c22-17-5-3-6-18(12-17)25-15-21(27-14-20(25)26)8-10-24(11-9-21)13-16-4-1-2-7-19(16)23/h1-7,12H,8-11,13-15H2. The summed E-state index contributed by atoms with van der Waals surface area (Å²) in [5, 5.41) is 0. The monoisotopic (exact) mass is 372 g/mol. The predicted octanol–water partition coefficient (Wildman–Crippen LogP) is 3.36. The number of halogens is 2. The molecule has 0 N–H and O–H groups in total. The van der Waals surface area contributed by atoms with Crippen molar-refractivity contribution in [1.29, 1.82) is 0 Å². The van der Waals surface area contributed by atoms with Crippen molar-refractivity contribution in [2.75, 3.05) is 31.1 Å². The van der Waals surface area contributed by atoms with E-state index < -0.39 is 5.60 Å². The highest BCUT2D eigenvalue weighted by atomic mass is 19.1. The minimum absolute atomic E-state index is 0.00380. The molecule has 2 fully saturated rings. The van der Waals surface area contributed by atoms with Crippen LogP contribution in [0.1, 0.15) is 18.4 Å². The van der Waals surface area contributed by atoms with Crippen molar-refractivity contribution in [2.24, 2.45) is 0 Å². The Bertz CT molecular complexity index is 834. The van der Waals surface area contributed by atoms with E-state index in [0.717, 1.165) is 25.9 Å². The number of piperidine rings is 1. The Morgan fingerprint density at radius 3 is 2.56 bits per heavy atom. The van der Waals surface area contributed by atoms with Gasteiger partial charge in [-0.1, -0.05) is 24.3 Å². The second-order valence-electron chi connectivity index (χ2n) is 7.30. The molecule has 0 aromatic heterocycles. The molecule has 2 aromatic carbocycles. The number of hydrogen-bond acceptors (Lipinski definition) is 3. The van der Waals surface area contributed by atoms with Gasteiger partial charge in [-0.2, -0.15) is 0 Å². The Morgan fingerprint density at radius 2 is 1.81 bits per heavy atom. The summed E-state index contributed by atoms with van der Waals surface area (Å²) >= 11 is 0. The summed E-state index contributed by atoms with van der Waals surface area (Å²) < 4.78 is 33.4. The fraction of sp³-hybridized carbons (Fsp3) is 0.381. The Hall–Kier alpha value is -2.31. The summed E-state index contributed by atoms with van der Waals surface area (Å²) in [6.07, 6.45) is 1.50. The Morgan fingerprint density at radius 1 is 1.04 bits per heavy atom. The third-order valence-electron chi connectivity index (χ3n) is 5.49. The molecule has 2 aliphatic heterocycles. The second kappa shape index (κ2) is 7.37. The maximum atomic E-state index is 13.9. The van der Waals surface area contributed by atoms with Crippen molar-refractivity contribution in [3.63, 3.8) is 0 Å². The maximum absolute atomic E-state index is 13.9. The molecule has 0 bridgehead atoms. The van der Waals surface area contributed by atoms with Crippen molar-refractivity contribution in [2.45, 2.75) is 25.0 Å². The summed E-state index contributed by atoms with van der Waals surface area (Å²) in [5.74, 6) is -0.699. The number of carbonyl (C=O) groups is 1. The first kappa shape index (κ1) is 18.1. The van der Waals surface area contributed by atoms with Crippen LogP contribution in [0.25, 0.3) is 0 Å². The minimum atomic E-state index is -0.425. The number of amides is 1. The lowest BCUT2D eigenvalue weighted by Crippen LogP contribution is -2.58. The van der Waals surface area contributed by atoms with Crippen LogP contribution < -0.4 is 4.90 Å². The topological polar surface area (TPSA) is 32.8 Å². The molecular weight excluding hydrogens is 350 g/mol. The number of likely N-dealkylation sites (tertiary alicyclic amines) is 1. The third kappa shape index (κ3) is 3.87. The SMILES string of the molecule is O=C1COC2(CCN(Cc3ccccc3F)CC2)CN1c1cccc(F)c1. The van der Waals surface area contributed by atoms with Gasteiger partial charge >= 0.3 is 0 Å². The first-order valence-electron chi connectivity index (χ1n) is 9.20. The van der Waals surface area contributed by atoms with Crippen molar-refractivity contribution in [1.82, 2.24) is 4.90 Å². The van der Waals surface area contributed by atoms with Crippen LogP contribution in [0.3, 0.4) is 0 Å². The lowest BCUT2D eigenvalue weighted by atomic mass is 9.88. The van der Waals surface area contributed by atoms with Crippen LogP contribution in [-0.2, 0) is 16.1 Å². The Labute approximate surface area is 157 Å². The van der Waals surface area contributed by atoms with Gasteiger partial charge in [-0.25, -0.2) is 8.78 Å². The molecule has 0 unspecified atom stereocenters. The molecule has 142 valence electrons. The minimum Gasteiger partial charge on any atom is -0.363 e. The van der Waals surface area contributed by atoms with Crippen LogP contribution in [0.2, 0.25) is 0 Å². The van der Waals surface area contributed by atoms with Gasteiger partial charge in [0.05, 0.1) is 12.1 Å². The molecule has 27 heavy (non-hydrogen) atoms. The molecule has 0 saturated carbocycles. The van der Waals surface area contributed by atoms with Gasteiger partial charge in [0.25, 0.3) is 5.91 Å². The zero-order chi connectivity index (χ0) is 18.9. The lowest BCUT2D eigenvalue weighted by molar-refractivity contribution is -0.145. The van der Waals surface area contributed by atoms with Crippen LogP contribution >= 0.6 is 0 Å². The molecule has 4 rings (SSSR count). The molecule has 2 heterocycles. The highest BCUT2D eigenvalue weighted by Crippen LogP contribution is 2.33. The Kier molecular flexibility index (Phi) is 4.93. The van der Waals surface area contributed by atoms with E-state index in [1.54, 1.807) is 29.2 Å². The largest absolute Gasteiger partial charge is 0.363 e. The number of morpholine rings is 1. The molecule has 6 heteroatoms. The van der Waals surface area contributed by atoms with Gasteiger partial charge in [0.15, 0.2) is 0 Å². The van der Waals surface area contributed by atoms with E-state index in [1.165, 1.54) is 18.2 Å². The van der Waals surface area contributed by atoms with Gasteiger partial charge < -0.3 is 9.64 Å². The van der Waals surface area contributed by atoms with E-state index >= 15 is 0 Å². The summed E-state index contributed by atoms with van der Waals surface area (Å²) in [4.78, 5) is 16.1. The Balaban J connectivity index is 1.43. The molecule has 2 saturated heterocycles. The molecule has 1 amide bonds. The second-order valence-corrected chi connectivity index (χ2v) is 7.30. The highest BCUT2D eigenvalue weighted by molar-refractivity contribution is 5.95. The van der Waals surface area contributed by atoms with Crippen LogP contribution in [0.5, 0.6) is 0 Å². The van der Waals surface area contributed by atoms with Gasteiger partial charge in [0.2, 0.25) is 0 Å². The van der Waals surface area contributed by atoms with E-state index in [-0.39, 0.29) is 24.1 Å². The quantitative estimate of drug-likeness (QED) is 0.828. The summed E-state index contributed by atoms with van der Waals surface area (Å²) in [6.45, 7) is 2.51. The van der Waals surface area contributed by atoms with Gasteiger partial charge in [-0.05, 0) is 37.1 Å². The number of rotatable bonds is 3. The summed E-state index contributed by atoms with van der Waals surface area (Å²) in [5.41, 5.74) is 0.831. The number of hydrogen-bond donors (Lipinski definition) is 0. The average Bonchev–Trinajstić information content (AvgIpc) is 2.68. The number of carbonyl (C=O) groups excluding carboxylic acids is 1. The molecule has 4 nitrogen and oxygen atoms in total. The van der Waals surface area contributed by atoms with Gasteiger partial charge in [-0.3, -0.25) is 9.69 Å². The molecule has 0 atom stereocenters. The van der Waals surface area contributed by atoms with E-state index in [0.29, 0.717) is 24.3 Å². The van der Waals surface area contributed by atoms with Crippen molar-refractivity contribution >= 4 is 11.6 Å². The normalized spacial score (nSPS) is 20.2. The van der Waals surface area contributed by atoms with Crippen LogP contribution in [-0.4, -0.2) is 42.6 Å². The summed E-state index contributed by atoms with van der Waals surface area (Å²) in [6, 6.07) is 12.9. The van der Waals surface area contributed by atoms with E-state index in [4.69, 9.17) is 4.74 Å². The number of nitrogens with zero attached hydrogens (tertiary/aromatic N) is 2. The number of ether oxygens (including phenoxy) is 1. The molecule has 2 aliphatic rings. The molecule has 0 aliphatic carbocycles. The zero-order valence-corrected chi connectivity index (χ0v) is 15.0. The molecule has 2 aromatic rings. The van der Waals surface area contributed by atoms with E-state index in [2.05, 4.69) is 4.90 Å². The number of benzene rings is 2. The fourth-order valence-corrected chi connectivity index (χ4v) is 3.88. The molecule has 0 radical (unpaired) electrons. The van der Waals surface area contributed by atoms with Gasteiger partial charge in [-0.15, -0.1) is 0 Å². The van der Waals surface area contributed by atoms with Crippen LogP contribution in [0.15, 0.2) is 48.5 Å². The molecule has 1 spiro atoms. The smallest absolute Gasteiger partial charge is 0.253 e. The third-order valence-corrected chi connectivity index (χ3v) is 5.49. The van der Waals surface area contributed by atoms with Gasteiger partial charge in [0.1, 0.15) is 18.2 Å². The maximum Gasteiger partial charge on any atom is 0.253 e. The first-order chi connectivity index (χ1) is 13.0. The van der Waals surface area contributed by atoms with Crippen molar-refractivity contribution in [3.05, 3.63) is 65.7 Å². The van der Waals surface area contributed by atoms with Crippen LogP contribution in [0.4, 0.5) is 14.5 Å². The zero-order valence-electron chi connectivity index (χ0n) is 15.0. The van der Waals surface area contributed by atoms with E-state index in [9.17, 15) is 13.6 Å². The fourth-order valence-electron chi connectivity index (χ4n) is 3.88. The number of anilines is 1. The van der Waals surface area contributed by atoms with Gasteiger partial charge in [0, 0.05) is 30.9 Å². The highest BCUT2D eigenvalue weighted by Gasteiger charge is 2.42. The van der Waals surface area contributed by atoms with Crippen molar-refractivity contribution in [3.8, 4) is 0 Å². The van der Waals surface area contributed by atoms with Crippen molar-refractivity contribution < 1.29 is 18.3 Å². The first-order valence-corrected chi connectivity index (χ1v) is 9.20. The van der Waals surface area contributed by atoms with E-state index in [1.807, 2.05) is 6.07 Å². The van der Waals surface area contributed by atoms with Crippen LogP contribution in [0, 0.1) is 11.6 Å². The average molecular weight is 372 g/mol. The predicted molar refractivity (Wildman–Crippen MR) is 98.3 cm³/mol. The molecular formula is C21H22F2N2O2.